The molecule has 0 amide bonds. The summed E-state index contributed by atoms with van der Waals surface area (Å²) in [5.74, 6) is 0. The van der Waals surface area contributed by atoms with Gasteiger partial charge in [-0.25, -0.2) is 0 Å². The number of rotatable bonds is 20. The van der Waals surface area contributed by atoms with E-state index in [0.29, 0.717) is 6.61 Å². The molecular weight excluding hydrogens is 380 g/mol. The van der Waals surface area contributed by atoms with Gasteiger partial charge in [0.1, 0.15) is 24.4 Å². The number of hydrogen-bond acceptors (Lipinski definition) is 5. The highest BCUT2D eigenvalue weighted by Crippen LogP contribution is 2.21. The third-order valence-electron chi connectivity index (χ3n) is 5.95. The van der Waals surface area contributed by atoms with Crippen LogP contribution < -0.4 is 0 Å². The molecule has 178 valence electrons. The van der Waals surface area contributed by atoms with Crippen LogP contribution in [-0.4, -0.2) is 59.6 Å². The van der Waals surface area contributed by atoms with Crippen molar-refractivity contribution in [3.05, 3.63) is 12.2 Å². The predicted octanol–water partition coefficient (Wildman–Crippen LogP) is 4.91. The van der Waals surface area contributed by atoms with Gasteiger partial charge in [-0.15, -0.1) is 0 Å². The van der Waals surface area contributed by atoms with Crippen LogP contribution in [0.15, 0.2) is 12.2 Å². The maximum atomic E-state index is 9.90. The molecule has 0 aliphatic carbocycles. The van der Waals surface area contributed by atoms with E-state index < -0.39 is 24.4 Å². The van der Waals surface area contributed by atoms with Crippen LogP contribution in [-0.2, 0) is 9.47 Å². The van der Waals surface area contributed by atoms with Gasteiger partial charge in [0, 0.05) is 6.61 Å². The normalized spacial score (nSPS) is 22.9. The molecule has 1 heterocycles. The summed E-state index contributed by atoms with van der Waals surface area (Å²) in [7, 11) is 0. The second-order valence-electron chi connectivity index (χ2n) is 8.74. The van der Waals surface area contributed by atoms with Crippen LogP contribution in [0.2, 0.25) is 0 Å². The van der Waals surface area contributed by atoms with Crippen LogP contribution in [0.5, 0.6) is 0 Å². The molecule has 30 heavy (non-hydrogen) atoms. The van der Waals surface area contributed by atoms with Crippen LogP contribution in [0, 0.1) is 0 Å². The monoisotopic (exact) mass is 428 g/mol. The summed E-state index contributed by atoms with van der Waals surface area (Å²) in [5, 5.41) is 28.7. The highest BCUT2D eigenvalue weighted by atomic mass is 16.6. The zero-order valence-corrected chi connectivity index (χ0v) is 19.4. The summed E-state index contributed by atoms with van der Waals surface area (Å²) in [6, 6.07) is 0. The molecule has 0 spiro atoms. The molecule has 1 fully saturated rings. The zero-order chi connectivity index (χ0) is 21.9. The van der Waals surface area contributed by atoms with E-state index in [1.54, 1.807) is 0 Å². The molecule has 5 heteroatoms. The van der Waals surface area contributed by atoms with Crippen molar-refractivity contribution in [3.63, 3.8) is 0 Å². The first kappa shape index (κ1) is 27.6. The third kappa shape index (κ3) is 13.1. The fourth-order valence-electron chi connectivity index (χ4n) is 4.00. The second-order valence-corrected chi connectivity index (χ2v) is 8.74. The van der Waals surface area contributed by atoms with Gasteiger partial charge >= 0.3 is 0 Å². The summed E-state index contributed by atoms with van der Waals surface area (Å²) < 4.78 is 11.1. The molecule has 1 aliphatic heterocycles. The quantitative estimate of drug-likeness (QED) is 0.190. The summed E-state index contributed by atoms with van der Waals surface area (Å²) in [4.78, 5) is 0. The molecule has 1 rings (SSSR count). The predicted molar refractivity (Wildman–Crippen MR) is 123 cm³/mol. The number of hydrogen-bond donors (Lipinski definition) is 3. The molecule has 0 unspecified atom stereocenters. The molecule has 3 N–H and O–H groups in total. The van der Waals surface area contributed by atoms with Crippen LogP contribution >= 0.6 is 0 Å². The van der Waals surface area contributed by atoms with E-state index in [-0.39, 0.29) is 13.2 Å². The lowest BCUT2D eigenvalue weighted by Crippen LogP contribution is -2.42. The second kappa shape index (κ2) is 19.2. The number of unbranched alkanes of at least 4 members (excludes halogenated alkanes) is 13. The van der Waals surface area contributed by atoms with Gasteiger partial charge in [0.05, 0.1) is 13.2 Å². The molecule has 0 bridgehead atoms. The van der Waals surface area contributed by atoms with Gasteiger partial charge < -0.3 is 24.8 Å². The third-order valence-corrected chi connectivity index (χ3v) is 5.95. The lowest BCUT2D eigenvalue weighted by atomic mass is 10.1. The standard InChI is InChI=1S/C25H48O5/c1-2-3-4-5-6-7-8-9-10-11-12-13-14-15-16-17-18-19-29-25-23(28)21-30-24(25)22(27)20-26/h7-8,22-28H,2-6,9-21H2,1H3/b8-7+/t22-,23+,24-,25-/m0/s1. The Morgan fingerprint density at radius 2 is 1.40 bits per heavy atom. The fourth-order valence-corrected chi connectivity index (χ4v) is 4.00. The maximum Gasteiger partial charge on any atom is 0.114 e. The fraction of sp³-hybridized carbons (Fsp3) is 0.920. The Morgan fingerprint density at radius 3 is 1.97 bits per heavy atom. The van der Waals surface area contributed by atoms with Gasteiger partial charge in [-0.05, 0) is 32.1 Å². The Morgan fingerprint density at radius 1 is 0.867 bits per heavy atom. The highest BCUT2D eigenvalue weighted by molar-refractivity contribution is 4.89. The summed E-state index contributed by atoms with van der Waals surface area (Å²) >= 11 is 0. The van der Waals surface area contributed by atoms with Crippen molar-refractivity contribution in [3.8, 4) is 0 Å². The molecular formula is C25H48O5. The van der Waals surface area contributed by atoms with Crippen LogP contribution in [0.4, 0.5) is 0 Å². The first-order valence-electron chi connectivity index (χ1n) is 12.6. The van der Waals surface area contributed by atoms with Crippen molar-refractivity contribution in [1.29, 1.82) is 0 Å². The van der Waals surface area contributed by atoms with E-state index in [9.17, 15) is 10.2 Å². The topological polar surface area (TPSA) is 79.2 Å². The SMILES string of the molecule is CCCCCC/C=C/CCCCCCCCCCCO[C@@H]1[C@H]([C@@H](O)CO)OC[C@H]1O. The van der Waals surface area contributed by atoms with Crippen molar-refractivity contribution in [2.75, 3.05) is 19.8 Å². The van der Waals surface area contributed by atoms with Gasteiger partial charge in [0.2, 0.25) is 0 Å². The number of ether oxygens (including phenoxy) is 2. The first-order valence-corrected chi connectivity index (χ1v) is 12.6. The molecule has 1 saturated heterocycles. The van der Waals surface area contributed by atoms with Crippen LogP contribution in [0.1, 0.15) is 103 Å². The van der Waals surface area contributed by atoms with Crippen molar-refractivity contribution in [1.82, 2.24) is 0 Å². The number of allylic oxidation sites excluding steroid dienone is 2. The summed E-state index contributed by atoms with van der Waals surface area (Å²) in [5.41, 5.74) is 0. The molecule has 0 aromatic carbocycles. The first-order chi connectivity index (χ1) is 14.7. The lowest BCUT2D eigenvalue weighted by molar-refractivity contribution is -0.0938. The molecule has 0 radical (unpaired) electrons. The Bertz CT molecular complexity index is 401. The van der Waals surface area contributed by atoms with Crippen LogP contribution in [0.25, 0.3) is 0 Å². The molecule has 1 aliphatic rings. The van der Waals surface area contributed by atoms with Crippen LogP contribution in [0.3, 0.4) is 0 Å². The number of aliphatic hydroxyl groups excluding tert-OH is 3. The minimum absolute atomic E-state index is 0.154. The van der Waals surface area contributed by atoms with Gasteiger partial charge in [-0.2, -0.15) is 0 Å². The van der Waals surface area contributed by atoms with Gasteiger partial charge in [0.15, 0.2) is 0 Å². The Balaban J connectivity index is 1.84. The van der Waals surface area contributed by atoms with E-state index in [4.69, 9.17) is 14.6 Å². The Hall–Kier alpha value is -0.460. The average Bonchev–Trinajstić information content (AvgIpc) is 3.12. The van der Waals surface area contributed by atoms with Crippen molar-refractivity contribution < 1.29 is 24.8 Å². The smallest absolute Gasteiger partial charge is 0.114 e. The summed E-state index contributed by atoms with van der Waals surface area (Å²) in [6.45, 7) is 2.59. The maximum absolute atomic E-state index is 9.90. The van der Waals surface area contributed by atoms with Crippen molar-refractivity contribution in [2.45, 2.75) is 128 Å². The molecule has 5 nitrogen and oxygen atoms in total. The Kier molecular flexibility index (Phi) is 17.7. The number of aliphatic hydroxyl groups is 3. The zero-order valence-electron chi connectivity index (χ0n) is 19.4. The van der Waals surface area contributed by atoms with E-state index in [1.807, 2.05) is 0 Å². The Labute approximate surface area is 184 Å². The lowest BCUT2D eigenvalue weighted by Gasteiger charge is -2.23. The largest absolute Gasteiger partial charge is 0.394 e. The molecule has 0 aromatic rings. The molecule has 0 aromatic heterocycles. The van der Waals surface area contributed by atoms with Gasteiger partial charge in [0.25, 0.3) is 0 Å². The van der Waals surface area contributed by atoms with Gasteiger partial charge in [-0.1, -0.05) is 83.3 Å². The highest BCUT2D eigenvalue weighted by Gasteiger charge is 2.40. The minimum atomic E-state index is -1.00. The molecule has 0 saturated carbocycles. The minimum Gasteiger partial charge on any atom is -0.394 e. The van der Waals surface area contributed by atoms with Crippen molar-refractivity contribution >= 4 is 0 Å². The molecule has 4 atom stereocenters. The van der Waals surface area contributed by atoms with E-state index >= 15 is 0 Å². The van der Waals surface area contributed by atoms with E-state index in [2.05, 4.69) is 19.1 Å². The van der Waals surface area contributed by atoms with Crippen molar-refractivity contribution in [2.24, 2.45) is 0 Å². The average molecular weight is 429 g/mol. The summed E-state index contributed by atoms with van der Waals surface area (Å²) in [6.07, 6.45) is 21.0. The van der Waals surface area contributed by atoms with E-state index in [0.717, 1.165) is 12.8 Å². The van der Waals surface area contributed by atoms with Gasteiger partial charge in [-0.3, -0.25) is 0 Å². The van der Waals surface area contributed by atoms with E-state index in [1.165, 1.54) is 83.5 Å².